The van der Waals surface area contributed by atoms with Gasteiger partial charge >= 0.3 is 0 Å². The summed E-state index contributed by atoms with van der Waals surface area (Å²) in [5, 5.41) is 21.3. The molecule has 0 atom stereocenters. The highest BCUT2D eigenvalue weighted by Crippen LogP contribution is 2.39. The first kappa shape index (κ1) is 29.0. The Balaban J connectivity index is 1.27. The van der Waals surface area contributed by atoms with Crippen LogP contribution in [-0.2, 0) is 0 Å². The van der Waals surface area contributed by atoms with Crippen molar-refractivity contribution in [2.75, 3.05) is 0 Å². The molecule has 51 heavy (non-hydrogen) atoms. The van der Waals surface area contributed by atoms with Crippen LogP contribution in [0.15, 0.2) is 170 Å². The molecule has 0 bridgehead atoms. The quantitative estimate of drug-likeness (QED) is 0.186. The molecular formula is C46H29N5. The van der Waals surface area contributed by atoms with Crippen LogP contribution in [0.5, 0.6) is 0 Å². The van der Waals surface area contributed by atoms with E-state index in [0.29, 0.717) is 23.2 Å². The van der Waals surface area contributed by atoms with Gasteiger partial charge in [-0.15, -0.1) is 0 Å². The van der Waals surface area contributed by atoms with Gasteiger partial charge in [0.15, 0.2) is 17.5 Å². The SMILES string of the molecule is N=C1C=CC=C/C1=C1/NC=C(c2nc(-c3cc4ccccc4c4ccccc34)nc(-c3cc4ccccc4c4ccccc34)n2)c2ccccc21. The molecule has 10 rings (SSSR count). The van der Waals surface area contributed by atoms with E-state index in [9.17, 15) is 0 Å². The van der Waals surface area contributed by atoms with Gasteiger partial charge in [-0.3, -0.25) is 0 Å². The fourth-order valence-electron chi connectivity index (χ4n) is 7.56. The number of rotatable bonds is 3. The molecule has 2 heterocycles. The molecule has 238 valence electrons. The van der Waals surface area contributed by atoms with Crippen LogP contribution in [0, 0.1) is 5.41 Å². The number of nitrogens with zero attached hydrogens (tertiary/aromatic N) is 3. The van der Waals surface area contributed by atoms with Crippen molar-refractivity contribution in [1.29, 1.82) is 5.41 Å². The van der Waals surface area contributed by atoms with Crippen LogP contribution < -0.4 is 5.32 Å². The molecule has 1 aliphatic carbocycles. The number of benzene rings is 7. The Bertz CT molecular complexity index is 2770. The molecule has 0 spiro atoms. The van der Waals surface area contributed by atoms with Crippen LogP contribution in [0.4, 0.5) is 0 Å². The molecule has 1 aliphatic heterocycles. The van der Waals surface area contributed by atoms with Crippen molar-refractivity contribution >= 4 is 60.1 Å². The van der Waals surface area contributed by atoms with Gasteiger partial charge in [-0.1, -0.05) is 140 Å². The zero-order valence-electron chi connectivity index (χ0n) is 27.4. The maximum atomic E-state index is 8.64. The van der Waals surface area contributed by atoms with Crippen LogP contribution in [0.2, 0.25) is 0 Å². The molecule has 1 aromatic heterocycles. The van der Waals surface area contributed by atoms with Gasteiger partial charge in [0, 0.05) is 34.0 Å². The van der Waals surface area contributed by atoms with Gasteiger partial charge in [-0.2, -0.15) is 0 Å². The van der Waals surface area contributed by atoms with Gasteiger partial charge in [0.1, 0.15) is 0 Å². The van der Waals surface area contributed by atoms with E-state index in [4.69, 9.17) is 20.4 Å². The van der Waals surface area contributed by atoms with Crippen molar-refractivity contribution in [3.8, 4) is 22.8 Å². The molecule has 0 unspecified atom stereocenters. The molecule has 0 radical (unpaired) electrons. The molecule has 2 N–H and O–H groups in total. The van der Waals surface area contributed by atoms with Crippen molar-refractivity contribution in [2.24, 2.45) is 0 Å². The van der Waals surface area contributed by atoms with E-state index >= 15 is 0 Å². The van der Waals surface area contributed by atoms with Gasteiger partial charge in [-0.05, 0) is 66.9 Å². The Labute approximate surface area is 294 Å². The van der Waals surface area contributed by atoms with Crippen molar-refractivity contribution in [1.82, 2.24) is 20.3 Å². The second kappa shape index (κ2) is 11.6. The Morgan fingerprint density at radius 3 is 1.49 bits per heavy atom. The van der Waals surface area contributed by atoms with Crippen LogP contribution in [0.25, 0.3) is 77.1 Å². The smallest absolute Gasteiger partial charge is 0.166 e. The summed E-state index contributed by atoms with van der Waals surface area (Å²) in [6.45, 7) is 0. The lowest BCUT2D eigenvalue weighted by Crippen LogP contribution is -2.19. The van der Waals surface area contributed by atoms with E-state index in [-0.39, 0.29) is 0 Å². The van der Waals surface area contributed by atoms with Crippen molar-refractivity contribution in [2.45, 2.75) is 0 Å². The molecule has 8 aromatic rings. The Kier molecular flexibility index (Phi) is 6.58. The topological polar surface area (TPSA) is 74.6 Å². The largest absolute Gasteiger partial charge is 0.360 e. The minimum atomic E-state index is 0.461. The highest BCUT2D eigenvalue weighted by molar-refractivity contribution is 6.16. The molecule has 0 saturated heterocycles. The number of fused-ring (bicyclic) bond motifs is 7. The first-order chi connectivity index (χ1) is 25.2. The lowest BCUT2D eigenvalue weighted by Gasteiger charge is -2.24. The molecule has 5 heteroatoms. The van der Waals surface area contributed by atoms with Gasteiger partial charge in [0.25, 0.3) is 0 Å². The second-order valence-corrected chi connectivity index (χ2v) is 12.9. The minimum absolute atomic E-state index is 0.461. The molecule has 0 saturated carbocycles. The van der Waals surface area contributed by atoms with E-state index < -0.39 is 0 Å². The number of allylic oxidation sites excluding steroid dienone is 5. The highest BCUT2D eigenvalue weighted by Gasteiger charge is 2.25. The Morgan fingerprint density at radius 1 is 0.431 bits per heavy atom. The van der Waals surface area contributed by atoms with Crippen molar-refractivity contribution < 1.29 is 0 Å². The van der Waals surface area contributed by atoms with Gasteiger partial charge < -0.3 is 10.7 Å². The average molecular weight is 652 g/mol. The number of hydrogen-bond donors (Lipinski definition) is 2. The van der Waals surface area contributed by atoms with Crippen LogP contribution in [0.3, 0.4) is 0 Å². The summed E-state index contributed by atoms with van der Waals surface area (Å²) in [5.74, 6) is 1.79. The predicted molar refractivity (Wildman–Crippen MR) is 210 cm³/mol. The zero-order valence-corrected chi connectivity index (χ0v) is 27.4. The Morgan fingerprint density at radius 2 is 0.902 bits per heavy atom. The fraction of sp³-hybridized carbons (Fsp3) is 0. The molecule has 0 fully saturated rings. The van der Waals surface area contributed by atoms with Crippen LogP contribution >= 0.6 is 0 Å². The van der Waals surface area contributed by atoms with E-state index in [1.165, 1.54) is 10.8 Å². The summed E-state index contributed by atoms with van der Waals surface area (Å²) in [7, 11) is 0. The van der Waals surface area contributed by atoms with Gasteiger partial charge in [-0.25, -0.2) is 15.0 Å². The van der Waals surface area contributed by atoms with E-state index in [1.54, 1.807) is 0 Å². The fourth-order valence-corrected chi connectivity index (χ4v) is 7.56. The second-order valence-electron chi connectivity index (χ2n) is 12.9. The predicted octanol–water partition coefficient (Wildman–Crippen LogP) is 10.7. The summed E-state index contributed by atoms with van der Waals surface area (Å²) in [4.78, 5) is 15.9. The van der Waals surface area contributed by atoms with E-state index in [0.717, 1.165) is 71.4 Å². The van der Waals surface area contributed by atoms with Crippen molar-refractivity contribution in [3.63, 3.8) is 0 Å². The maximum Gasteiger partial charge on any atom is 0.166 e. The third-order valence-electron chi connectivity index (χ3n) is 9.94. The third kappa shape index (κ3) is 4.71. The molecular weight excluding hydrogens is 623 g/mol. The van der Waals surface area contributed by atoms with E-state index in [2.05, 4.69) is 127 Å². The first-order valence-electron chi connectivity index (χ1n) is 17.0. The number of aromatic nitrogens is 3. The van der Waals surface area contributed by atoms with E-state index in [1.807, 2.05) is 42.6 Å². The first-order valence-corrected chi connectivity index (χ1v) is 17.0. The minimum Gasteiger partial charge on any atom is -0.360 e. The lowest BCUT2D eigenvalue weighted by molar-refractivity contribution is 1.03. The molecule has 5 nitrogen and oxygen atoms in total. The molecule has 0 amide bonds. The van der Waals surface area contributed by atoms with Crippen molar-refractivity contribution in [3.05, 3.63) is 186 Å². The summed E-state index contributed by atoms with van der Waals surface area (Å²) < 4.78 is 0. The highest BCUT2D eigenvalue weighted by atomic mass is 15.0. The summed E-state index contributed by atoms with van der Waals surface area (Å²) >= 11 is 0. The van der Waals surface area contributed by atoms with Crippen LogP contribution in [0.1, 0.15) is 17.0 Å². The maximum absolute atomic E-state index is 8.64. The molecule has 2 aliphatic rings. The van der Waals surface area contributed by atoms with Crippen LogP contribution in [-0.4, -0.2) is 20.7 Å². The number of nitrogens with one attached hydrogen (secondary N) is 2. The summed E-state index contributed by atoms with van der Waals surface area (Å²) in [5.41, 5.74) is 6.92. The standard InChI is InChI=1S/C46H29N5/c47-42-24-12-11-23-38(42)43-37-22-10-9-21-36(37)41(27-48-43)46-50-44(39-25-28-13-1-3-15-30(28)32-17-5-7-19-34(32)39)49-45(51-46)40-26-29-14-2-4-16-31(29)33-18-6-8-20-35(33)40/h1-27,47-48H/b43-38-,47-42?. The van der Waals surface area contributed by atoms with Gasteiger partial charge in [0.05, 0.1) is 11.4 Å². The summed E-state index contributed by atoms with van der Waals surface area (Å²) in [6, 6.07) is 46.6. The monoisotopic (exact) mass is 651 g/mol. The zero-order chi connectivity index (χ0) is 33.9. The average Bonchev–Trinajstić information content (AvgIpc) is 3.20. The Hall–Kier alpha value is -6.98. The summed E-state index contributed by atoms with van der Waals surface area (Å²) in [6.07, 6.45) is 9.64. The number of hydrogen-bond acceptors (Lipinski definition) is 5. The third-order valence-corrected chi connectivity index (χ3v) is 9.94. The molecule has 7 aromatic carbocycles. The lowest BCUT2D eigenvalue weighted by atomic mass is 9.90. The normalized spacial score (nSPS) is 15.4. The van der Waals surface area contributed by atoms with Gasteiger partial charge in [0.2, 0.25) is 0 Å².